The van der Waals surface area contributed by atoms with Crippen LogP contribution in [0.2, 0.25) is 0 Å². The molecule has 5 nitrogen and oxygen atoms in total. The molecule has 2 aromatic heterocycles. The van der Waals surface area contributed by atoms with Crippen LogP contribution in [0.25, 0.3) is 22.6 Å². The van der Waals surface area contributed by atoms with E-state index >= 15 is 0 Å². The average Bonchev–Trinajstić information content (AvgIpc) is 3.35. The van der Waals surface area contributed by atoms with E-state index in [1.165, 1.54) is 11.8 Å². The van der Waals surface area contributed by atoms with E-state index in [-0.39, 0.29) is 0 Å². The molecule has 136 valence electrons. The summed E-state index contributed by atoms with van der Waals surface area (Å²) in [4.78, 5) is 9.11. The van der Waals surface area contributed by atoms with Gasteiger partial charge in [0.25, 0.3) is 5.22 Å². The second-order valence-electron chi connectivity index (χ2n) is 6.03. The van der Waals surface area contributed by atoms with Crippen LogP contribution in [0, 0.1) is 0 Å². The summed E-state index contributed by atoms with van der Waals surface area (Å²) in [5.41, 5.74) is 2.86. The number of aryl methyl sites for hydroxylation is 1. The molecule has 0 saturated carbocycles. The molecule has 0 aliphatic carbocycles. The molecule has 27 heavy (non-hydrogen) atoms. The minimum absolute atomic E-state index is 0.527. The first-order chi connectivity index (χ1) is 13.3. The van der Waals surface area contributed by atoms with Gasteiger partial charge < -0.3 is 8.94 Å². The molecule has 0 atom stereocenters. The van der Waals surface area contributed by atoms with Crippen molar-refractivity contribution in [2.24, 2.45) is 0 Å². The molecule has 4 rings (SSSR count). The fourth-order valence-corrected chi connectivity index (χ4v) is 3.40. The van der Waals surface area contributed by atoms with Gasteiger partial charge in [0.2, 0.25) is 5.89 Å². The summed E-state index contributed by atoms with van der Waals surface area (Å²) in [6.07, 6.45) is 1.82. The summed E-state index contributed by atoms with van der Waals surface area (Å²) in [5, 5.41) is 4.57. The fraction of sp³-hybridized carbons (Fsp3) is 0.190. The fourth-order valence-electron chi connectivity index (χ4n) is 2.74. The summed E-state index contributed by atoms with van der Waals surface area (Å²) in [6.45, 7) is 2.09. The normalized spacial score (nSPS) is 11.0. The van der Waals surface area contributed by atoms with Gasteiger partial charge in [-0.25, -0.2) is 4.98 Å². The number of hydrogen-bond acceptors (Lipinski definition) is 6. The Balaban J connectivity index is 1.61. The number of oxazole rings is 1. The topological polar surface area (TPSA) is 65.0 Å². The standard InChI is InChI=1S/C21H19N3O2S/c1-2-9-17-22-18(26-24-17)14-27-21-23-19(15-10-5-3-6-11-15)20(25-21)16-12-7-4-8-13-16/h3-8,10-13H,2,9,14H2,1H3. The smallest absolute Gasteiger partial charge is 0.257 e. The molecule has 0 amide bonds. The van der Waals surface area contributed by atoms with Gasteiger partial charge >= 0.3 is 0 Å². The van der Waals surface area contributed by atoms with Gasteiger partial charge in [-0.1, -0.05) is 84.5 Å². The van der Waals surface area contributed by atoms with E-state index in [0.717, 1.165) is 41.2 Å². The van der Waals surface area contributed by atoms with E-state index in [2.05, 4.69) is 17.1 Å². The Kier molecular flexibility index (Phi) is 5.34. The van der Waals surface area contributed by atoms with E-state index in [1.54, 1.807) is 0 Å². The molecule has 0 fully saturated rings. The Labute approximate surface area is 161 Å². The molecule has 0 saturated heterocycles. The second kappa shape index (κ2) is 8.22. The molecule has 0 bridgehead atoms. The highest BCUT2D eigenvalue weighted by Gasteiger charge is 2.18. The first-order valence-electron chi connectivity index (χ1n) is 8.89. The molecule has 0 spiro atoms. The summed E-state index contributed by atoms with van der Waals surface area (Å²) in [7, 11) is 0. The summed E-state index contributed by atoms with van der Waals surface area (Å²) < 4.78 is 11.4. The molecule has 2 aromatic carbocycles. The Morgan fingerprint density at radius 2 is 1.59 bits per heavy atom. The second-order valence-corrected chi connectivity index (χ2v) is 6.96. The maximum atomic E-state index is 6.09. The van der Waals surface area contributed by atoms with Crippen molar-refractivity contribution < 1.29 is 8.94 Å². The third-order valence-corrected chi connectivity index (χ3v) is 4.81. The minimum atomic E-state index is 0.527. The first kappa shape index (κ1) is 17.5. The molecular formula is C21H19N3O2S. The van der Waals surface area contributed by atoms with Crippen LogP contribution in [-0.4, -0.2) is 15.1 Å². The van der Waals surface area contributed by atoms with Crippen molar-refractivity contribution in [3.05, 3.63) is 72.4 Å². The number of benzene rings is 2. The zero-order valence-corrected chi connectivity index (χ0v) is 15.8. The Morgan fingerprint density at radius 1 is 0.889 bits per heavy atom. The lowest BCUT2D eigenvalue weighted by Gasteiger charge is -2.00. The van der Waals surface area contributed by atoms with Crippen LogP contribution in [0.4, 0.5) is 0 Å². The van der Waals surface area contributed by atoms with Gasteiger partial charge in [-0.2, -0.15) is 4.98 Å². The van der Waals surface area contributed by atoms with Crippen LogP contribution in [0.3, 0.4) is 0 Å². The molecular weight excluding hydrogens is 358 g/mol. The van der Waals surface area contributed by atoms with Crippen LogP contribution in [-0.2, 0) is 12.2 Å². The number of hydrogen-bond donors (Lipinski definition) is 0. The van der Waals surface area contributed by atoms with E-state index in [1.807, 2.05) is 60.7 Å². The van der Waals surface area contributed by atoms with E-state index in [4.69, 9.17) is 13.9 Å². The highest BCUT2D eigenvalue weighted by Crippen LogP contribution is 2.36. The van der Waals surface area contributed by atoms with E-state index < -0.39 is 0 Å². The van der Waals surface area contributed by atoms with Crippen LogP contribution in [0.1, 0.15) is 25.1 Å². The highest BCUT2D eigenvalue weighted by atomic mass is 32.2. The third-order valence-electron chi connectivity index (χ3n) is 3.99. The van der Waals surface area contributed by atoms with E-state index in [9.17, 15) is 0 Å². The quantitative estimate of drug-likeness (QED) is 0.389. The summed E-state index contributed by atoms with van der Waals surface area (Å²) in [6, 6.07) is 20.1. The van der Waals surface area contributed by atoms with Crippen molar-refractivity contribution in [1.29, 1.82) is 0 Å². The van der Waals surface area contributed by atoms with Crippen LogP contribution in [0.15, 0.2) is 74.8 Å². The van der Waals surface area contributed by atoms with Crippen LogP contribution in [0.5, 0.6) is 0 Å². The van der Waals surface area contributed by atoms with Gasteiger partial charge in [-0.15, -0.1) is 0 Å². The van der Waals surface area contributed by atoms with Crippen molar-refractivity contribution in [3.63, 3.8) is 0 Å². The number of thioether (sulfide) groups is 1. The van der Waals surface area contributed by atoms with Gasteiger partial charge in [0.1, 0.15) is 5.69 Å². The zero-order chi connectivity index (χ0) is 18.5. The first-order valence-corrected chi connectivity index (χ1v) is 9.88. The lowest BCUT2D eigenvalue weighted by atomic mass is 10.1. The zero-order valence-electron chi connectivity index (χ0n) is 15.0. The van der Waals surface area contributed by atoms with Crippen molar-refractivity contribution in [2.75, 3.05) is 0 Å². The van der Waals surface area contributed by atoms with E-state index in [0.29, 0.717) is 16.9 Å². The Hall–Kier alpha value is -2.86. The molecule has 2 heterocycles. The van der Waals surface area contributed by atoms with Gasteiger partial charge in [0, 0.05) is 17.5 Å². The van der Waals surface area contributed by atoms with Crippen LogP contribution < -0.4 is 0 Å². The van der Waals surface area contributed by atoms with Gasteiger partial charge in [0.05, 0.1) is 5.75 Å². The Bertz CT molecular complexity index is 940. The highest BCUT2D eigenvalue weighted by molar-refractivity contribution is 7.98. The number of aromatic nitrogens is 3. The van der Waals surface area contributed by atoms with Gasteiger partial charge in [-0.3, -0.25) is 0 Å². The maximum absolute atomic E-state index is 6.09. The largest absolute Gasteiger partial charge is 0.431 e. The van der Waals surface area contributed by atoms with Gasteiger partial charge in [-0.05, 0) is 6.42 Å². The Morgan fingerprint density at radius 3 is 2.30 bits per heavy atom. The maximum Gasteiger partial charge on any atom is 0.257 e. The lowest BCUT2D eigenvalue weighted by molar-refractivity contribution is 0.384. The van der Waals surface area contributed by atoms with Crippen molar-refractivity contribution in [2.45, 2.75) is 30.7 Å². The molecule has 0 aliphatic heterocycles. The van der Waals surface area contributed by atoms with Gasteiger partial charge in [0.15, 0.2) is 11.6 Å². The van der Waals surface area contributed by atoms with Crippen LogP contribution >= 0.6 is 11.8 Å². The monoisotopic (exact) mass is 377 g/mol. The summed E-state index contributed by atoms with van der Waals surface area (Å²) >= 11 is 1.46. The minimum Gasteiger partial charge on any atom is -0.431 e. The molecule has 4 aromatic rings. The predicted octanol–water partition coefficient (Wildman–Crippen LogP) is 5.64. The predicted molar refractivity (Wildman–Crippen MR) is 105 cm³/mol. The molecule has 0 N–H and O–H groups in total. The number of rotatable bonds is 7. The third kappa shape index (κ3) is 4.11. The average molecular weight is 377 g/mol. The molecule has 0 unspecified atom stereocenters. The van der Waals surface area contributed by atoms with Crippen molar-refractivity contribution in [1.82, 2.24) is 15.1 Å². The lowest BCUT2D eigenvalue weighted by Crippen LogP contribution is -1.86. The SMILES string of the molecule is CCCc1noc(CSc2nc(-c3ccccc3)c(-c3ccccc3)o2)n1. The molecule has 0 radical (unpaired) electrons. The molecule has 6 heteroatoms. The van der Waals surface area contributed by atoms with Crippen molar-refractivity contribution in [3.8, 4) is 22.6 Å². The number of nitrogens with zero attached hydrogens (tertiary/aromatic N) is 3. The summed E-state index contributed by atoms with van der Waals surface area (Å²) in [5.74, 6) is 2.63. The van der Waals surface area contributed by atoms with Crippen molar-refractivity contribution >= 4 is 11.8 Å². The molecule has 0 aliphatic rings.